The largest absolute Gasteiger partial charge is 0.480 e. The Labute approximate surface area is 288 Å². The molecule has 0 radical (unpaired) electrons. The predicted octanol–water partition coefficient (Wildman–Crippen LogP) is 8.66. The van der Waals surface area contributed by atoms with Crippen molar-refractivity contribution in [2.45, 2.75) is 103 Å². The lowest BCUT2D eigenvalue weighted by Crippen LogP contribution is -2.32. The molecular weight excluding hydrogens is 623 g/mol. The van der Waals surface area contributed by atoms with Crippen molar-refractivity contribution in [3.8, 4) is 16.6 Å². The third-order valence-corrected chi connectivity index (χ3v) is 9.95. The number of carbonyl (C=O) groups is 1. The van der Waals surface area contributed by atoms with Gasteiger partial charge in [0.05, 0.1) is 16.8 Å². The number of nitrogens with one attached hydrogen (secondary N) is 2. The van der Waals surface area contributed by atoms with Crippen molar-refractivity contribution < 1.29 is 14.6 Å². The van der Waals surface area contributed by atoms with Gasteiger partial charge in [0, 0.05) is 24.3 Å². The summed E-state index contributed by atoms with van der Waals surface area (Å²) in [6.45, 7) is 4.95. The Kier molecular flexibility index (Phi) is 13.2. The number of nitrogens with zero attached hydrogens (tertiary/aromatic N) is 5. The molecule has 4 aromatic rings. The van der Waals surface area contributed by atoms with Gasteiger partial charge in [0.25, 0.3) is 0 Å². The van der Waals surface area contributed by atoms with E-state index in [-0.39, 0.29) is 23.9 Å². The number of anilines is 3. The van der Waals surface area contributed by atoms with Gasteiger partial charge in [0.1, 0.15) is 17.7 Å². The molecule has 2 heterocycles. The van der Waals surface area contributed by atoms with Crippen LogP contribution >= 0.6 is 11.3 Å². The van der Waals surface area contributed by atoms with Crippen LogP contribution in [0.4, 0.5) is 17.6 Å². The van der Waals surface area contributed by atoms with Gasteiger partial charge in [-0.3, -0.25) is 0 Å². The van der Waals surface area contributed by atoms with Gasteiger partial charge in [-0.15, -0.1) is 11.3 Å². The van der Waals surface area contributed by atoms with Gasteiger partial charge in [-0.2, -0.15) is 15.0 Å². The van der Waals surface area contributed by atoms with E-state index in [1.807, 2.05) is 39.1 Å². The van der Waals surface area contributed by atoms with E-state index >= 15 is 0 Å². The summed E-state index contributed by atoms with van der Waals surface area (Å²) in [5.74, 6) is -0.110. The summed E-state index contributed by atoms with van der Waals surface area (Å²) in [4.78, 5) is 32.7. The van der Waals surface area contributed by atoms with E-state index < -0.39 is 12.0 Å². The lowest BCUT2D eigenvalue weighted by Gasteiger charge is -2.22. The second kappa shape index (κ2) is 18.0. The number of hydrogen-bond donors (Lipinski definition) is 3. The van der Waals surface area contributed by atoms with Crippen LogP contribution in [0, 0.1) is 5.92 Å². The van der Waals surface area contributed by atoms with Crippen LogP contribution in [-0.2, 0) is 4.79 Å². The summed E-state index contributed by atoms with van der Waals surface area (Å²) in [5.41, 5.74) is 3.17. The molecule has 10 nitrogen and oxygen atoms in total. The molecule has 0 spiro atoms. The quantitative estimate of drug-likeness (QED) is 0.127. The second-order valence-electron chi connectivity index (χ2n) is 13.3. The highest BCUT2D eigenvalue weighted by molar-refractivity contribution is 7.21. The Morgan fingerprint density at radius 2 is 1.54 bits per heavy atom. The molecule has 258 valence electrons. The predicted molar refractivity (Wildman–Crippen MR) is 196 cm³/mol. The fourth-order valence-corrected chi connectivity index (χ4v) is 7.12. The first-order chi connectivity index (χ1) is 23.3. The molecule has 0 saturated heterocycles. The minimum atomic E-state index is -0.934. The Balaban J connectivity index is 1.24. The molecule has 1 atom stereocenters. The molecular formula is C37H51N7O3S. The maximum Gasteiger partial charge on any atom is 0.326 e. The third-order valence-electron chi connectivity index (χ3n) is 8.87. The van der Waals surface area contributed by atoms with E-state index in [0.29, 0.717) is 25.5 Å². The minimum absolute atomic E-state index is 0.177. The Hall–Kier alpha value is -3.99. The molecule has 5 rings (SSSR count). The fourth-order valence-electron chi connectivity index (χ4n) is 6.15. The zero-order chi connectivity index (χ0) is 33.7. The van der Waals surface area contributed by atoms with Gasteiger partial charge < -0.3 is 25.4 Å². The van der Waals surface area contributed by atoms with Crippen LogP contribution in [0.3, 0.4) is 0 Å². The lowest BCUT2D eigenvalue weighted by molar-refractivity contribution is -0.138. The summed E-state index contributed by atoms with van der Waals surface area (Å²) >= 11 is 1.70. The van der Waals surface area contributed by atoms with Crippen molar-refractivity contribution >= 4 is 45.1 Å². The van der Waals surface area contributed by atoms with Crippen LogP contribution in [0.5, 0.6) is 6.01 Å². The van der Waals surface area contributed by atoms with Gasteiger partial charge in [-0.1, -0.05) is 83.8 Å². The number of thiazole rings is 1. The number of fused-ring (bicyclic) bond motifs is 1. The van der Waals surface area contributed by atoms with Gasteiger partial charge in [0.2, 0.25) is 11.9 Å². The molecule has 2 aromatic heterocycles. The Morgan fingerprint density at radius 3 is 2.19 bits per heavy atom. The number of likely N-dealkylation sites (N-methyl/N-ethyl adjacent to an activating group) is 1. The Morgan fingerprint density at radius 1 is 0.896 bits per heavy atom. The number of aliphatic carboxylic acids is 1. The SMILES string of the molecule is CC(C)CC(Nc1nc(NC2CCCCCCCCCCC2)nc(OCCN(C)c2ccc(-c3nc4ccccc4s3)cc2)n1)C(=O)O. The normalized spacial score (nSPS) is 15.8. The van der Waals surface area contributed by atoms with Crippen molar-refractivity contribution in [3.05, 3.63) is 48.5 Å². The number of aromatic nitrogens is 4. The van der Waals surface area contributed by atoms with E-state index in [9.17, 15) is 9.90 Å². The standard InChI is InChI=1S/C37H51N7O3S/c1-26(2)25-31(34(45)46)40-36-41-35(38-28-15-11-9-7-5-4-6-8-10-12-16-28)42-37(43-36)47-24-23-44(3)29-21-19-27(20-22-29)33-39-30-17-13-14-18-32(30)48-33/h13-14,17-22,26,28,31H,4-12,15-16,23-25H2,1-3H3,(H,45,46)(H2,38,40,41,42,43). The maximum absolute atomic E-state index is 12.0. The minimum Gasteiger partial charge on any atom is -0.480 e. The average Bonchev–Trinajstić information content (AvgIpc) is 3.50. The molecule has 1 aliphatic rings. The molecule has 1 unspecified atom stereocenters. The van der Waals surface area contributed by atoms with Crippen LogP contribution in [0.1, 0.15) is 90.9 Å². The first kappa shape index (κ1) is 35.3. The molecule has 2 aromatic carbocycles. The van der Waals surface area contributed by atoms with Gasteiger partial charge in [0.15, 0.2) is 0 Å². The molecule has 0 bridgehead atoms. The first-order valence-electron chi connectivity index (χ1n) is 17.7. The summed E-state index contributed by atoms with van der Waals surface area (Å²) in [5, 5.41) is 17.5. The van der Waals surface area contributed by atoms with E-state index in [2.05, 4.69) is 60.8 Å². The van der Waals surface area contributed by atoms with E-state index in [1.165, 1.54) is 62.5 Å². The number of rotatable bonds is 13. The lowest BCUT2D eigenvalue weighted by atomic mass is 9.98. The summed E-state index contributed by atoms with van der Waals surface area (Å²) < 4.78 is 7.27. The summed E-state index contributed by atoms with van der Waals surface area (Å²) in [6, 6.07) is 16.2. The summed E-state index contributed by atoms with van der Waals surface area (Å²) in [7, 11) is 2.02. The van der Waals surface area contributed by atoms with Crippen molar-refractivity contribution in [2.24, 2.45) is 5.92 Å². The highest BCUT2D eigenvalue weighted by Gasteiger charge is 2.22. The highest BCUT2D eigenvalue weighted by atomic mass is 32.1. The molecule has 1 fully saturated rings. The summed E-state index contributed by atoms with van der Waals surface area (Å²) in [6.07, 6.45) is 14.0. The number of benzene rings is 2. The van der Waals surface area contributed by atoms with Gasteiger partial charge in [-0.05, 0) is 61.6 Å². The van der Waals surface area contributed by atoms with Crippen LogP contribution < -0.4 is 20.3 Å². The van der Waals surface area contributed by atoms with Crippen LogP contribution in [0.2, 0.25) is 0 Å². The van der Waals surface area contributed by atoms with Crippen molar-refractivity contribution in [3.63, 3.8) is 0 Å². The third kappa shape index (κ3) is 10.8. The number of carboxylic acid groups (broad SMARTS) is 1. The molecule has 0 aliphatic heterocycles. The van der Waals surface area contributed by atoms with Crippen molar-refractivity contribution in [2.75, 3.05) is 35.7 Å². The average molecular weight is 674 g/mol. The molecule has 1 aliphatic carbocycles. The zero-order valence-corrected chi connectivity index (χ0v) is 29.5. The van der Waals surface area contributed by atoms with E-state index in [0.717, 1.165) is 34.6 Å². The number of para-hydroxylation sites is 1. The van der Waals surface area contributed by atoms with Crippen LogP contribution in [0.15, 0.2) is 48.5 Å². The highest BCUT2D eigenvalue weighted by Crippen LogP contribution is 2.31. The van der Waals surface area contributed by atoms with E-state index in [4.69, 9.17) is 9.72 Å². The smallest absolute Gasteiger partial charge is 0.326 e. The van der Waals surface area contributed by atoms with Crippen molar-refractivity contribution in [1.82, 2.24) is 19.9 Å². The molecule has 3 N–H and O–H groups in total. The first-order valence-corrected chi connectivity index (χ1v) is 18.5. The Bertz CT molecular complexity index is 1530. The van der Waals surface area contributed by atoms with Crippen molar-refractivity contribution in [1.29, 1.82) is 0 Å². The maximum atomic E-state index is 12.0. The second-order valence-corrected chi connectivity index (χ2v) is 14.4. The number of hydrogen-bond acceptors (Lipinski definition) is 10. The van der Waals surface area contributed by atoms with Crippen LogP contribution in [-0.4, -0.2) is 63.3 Å². The zero-order valence-electron chi connectivity index (χ0n) is 28.7. The molecule has 1 saturated carbocycles. The molecule has 48 heavy (non-hydrogen) atoms. The number of carboxylic acids is 1. The van der Waals surface area contributed by atoms with Crippen LogP contribution in [0.25, 0.3) is 20.8 Å². The topological polar surface area (TPSA) is 125 Å². The monoisotopic (exact) mass is 673 g/mol. The molecule has 0 amide bonds. The fraction of sp³-hybridized carbons (Fsp3) is 0.541. The van der Waals surface area contributed by atoms with Gasteiger partial charge in [-0.25, -0.2) is 9.78 Å². The number of ether oxygens (including phenoxy) is 1. The molecule has 11 heteroatoms. The van der Waals surface area contributed by atoms with Gasteiger partial charge >= 0.3 is 12.0 Å². The van der Waals surface area contributed by atoms with E-state index in [1.54, 1.807) is 11.3 Å².